The summed E-state index contributed by atoms with van der Waals surface area (Å²) in [4.78, 5) is 4.57. The van der Waals surface area contributed by atoms with Crippen LogP contribution >= 0.6 is 0 Å². The van der Waals surface area contributed by atoms with Gasteiger partial charge in [0.25, 0.3) is 0 Å². The van der Waals surface area contributed by atoms with Gasteiger partial charge in [-0.3, -0.25) is 4.68 Å². The standard InChI is InChI=1S/C14H30N6/c1-5-7-15-12-14-13-20(17-16-14)11-10-19(4)9-6-8-18(2)3/h13,15H,5-12H2,1-4H3. The van der Waals surface area contributed by atoms with E-state index in [9.17, 15) is 0 Å². The van der Waals surface area contributed by atoms with Crippen molar-refractivity contribution in [2.24, 2.45) is 0 Å². The van der Waals surface area contributed by atoms with E-state index >= 15 is 0 Å². The highest BCUT2D eigenvalue weighted by Gasteiger charge is 2.03. The molecular formula is C14H30N6. The first-order chi connectivity index (χ1) is 9.61. The van der Waals surface area contributed by atoms with Gasteiger partial charge in [-0.15, -0.1) is 5.10 Å². The van der Waals surface area contributed by atoms with E-state index in [2.05, 4.69) is 53.5 Å². The van der Waals surface area contributed by atoms with E-state index in [4.69, 9.17) is 0 Å². The van der Waals surface area contributed by atoms with Crippen molar-refractivity contribution in [3.8, 4) is 0 Å². The molecule has 0 saturated heterocycles. The molecule has 0 spiro atoms. The number of likely N-dealkylation sites (N-methyl/N-ethyl adjacent to an activating group) is 1. The van der Waals surface area contributed by atoms with Gasteiger partial charge in [0.15, 0.2) is 0 Å². The molecule has 1 aromatic rings. The Hall–Kier alpha value is -0.980. The maximum atomic E-state index is 4.18. The average Bonchev–Trinajstić information content (AvgIpc) is 2.84. The Morgan fingerprint density at radius 3 is 2.70 bits per heavy atom. The van der Waals surface area contributed by atoms with E-state index in [1.165, 1.54) is 6.42 Å². The number of nitrogens with one attached hydrogen (secondary N) is 1. The van der Waals surface area contributed by atoms with Gasteiger partial charge >= 0.3 is 0 Å². The van der Waals surface area contributed by atoms with Gasteiger partial charge in [0.1, 0.15) is 0 Å². The second-order valence-electron chi connectivity index (χ2n) is 5.61. The van der Waals surface area contributed by atoms with E-state index in [0.29, 0.717) is 0 Å². The molecule has 1 rings (SSSR count). The third-order valence-corrected chi connectivity index (χ3v) is 3.17. The smallest absolute Gasteiger partial charge is 0.0964 e. The minimum atomic E-state index is 0.812. The molecule has 0 aliphatic carbocycles. The van der Waals surface area contributed by atoms with Crippen molar-refractivity contribution in [3.63, 3.8) is 0 Å². The van der Waals surface area contributed by atoms with E-state index in [1.54, 1.807) is 0 Å². The second kappa shape index (κ2) is 9.85. The second-order valence-corrected chi connectivity index (χ2v) is 5.61. The fourth-order valence-corrected chi connectivity index (χ4v) is 1.96. The van der Waals surface area contributed by atoms with Crippen LogP contribution in [0.3, 0.4) is 0 Å². The predicted molar refractivity (Wildman–Crippen MR) is 82.7 cm³/mol. The molecular weight excluding hydrogens is 252 g/mol. The van der Waals surface area contributed by atoms with E-state index < -0.39 is 0 Å². The van der Waals surface area contributed by atoms with Crippen molar-refractivity contribution in [2.75, 3.05) is 47.3 Å². The first kappa shape index (κ1) is 17.1. The molecule has 0 saturated carbocycles. The average molecular weight is 282 g/mol. The van der Waals surface area contributed by atoms with Crippen molar-refractivity contribution in [3.05, 3.63) is 11.9 Å². The summed E-state index contributed by atoms with van der Waals surface area (Å²) in [5, 5.41) is 11.7. The molecule has 0 fully saturated rings. The molecule has 0 aromatic carbocycles. The Morgan fingerprint density at radius 1 is 1.20 bits per heavy atom. The number of rotatable bonds is 11. The zero-order valence-electron chi connectivity index (χ0n) is 13.5. The van der Waals surface area contributed by atoms with Crippen LogP contribution in [-0.4, -0.2) is 72.1 Å². The Labute approximate surface area is 123 Å². The number of aromatic nitrogens is 3. The van der Waals surface area contributed by atoms with Crippen molar-refractivity contribution in [2.45, 2.75) is 32.9 Å². The Morgan fingerprint density at radius 2 is 2.00 bits per heavy atom. The summed E-state index contributed by atoms with van der Waals surface area (Å²) >= 11 is 0. The van der Waals surface area contributed by atoms with Crippen molar-refractivity contribution < 1.29 is 0 Å². The lowest BCUT2D eigenvalue weighted by atomic mass is 10.3. The Bertz CT molecular complexity index is 349. The third kappa shape index (κ3) is 7.57. The van der Waals surface area contributed by atoms with Gasteiger partial charge in [0, 0.05) is 19.3 Å². The van der Waals surface area contributed by atoms with Gasteiger partial charge in [0.05, 0.1) is 12.2 Å². The van der Waals surface area contributed by atoms with E-state index in [1.807, 2.05) is 10.9 Å². The van der Waals surface area contributed by atoms with E-state index in [0.717, 1.165) is 51.4 Å². The molecule has 0 amide bonds. The summed E-state index contributed by atoms with van der Waals surface area (Å²) in [5.74, 6) is 0. The van der Waals surface area contributed by atoms with Crippen LogP contribution in [0.1, 0.15) is 25.5 Å². The van der Waals surface area contributed by atoms with E-state index in [-0.39, 0.29) is 0 Å². The number of hydrogen-bond donors (Lipinski definition) is 1. The molecule has 20 heavy (non-hydrogen) atoms. The Kier molecular flexibility index (Phi) is 8.41. The zero-order valence-corrected chi connectivity index (χ0v) is 13.5. The molecule has 1 aromatic heterocycles. The highest BCUT2D eigenvalue weighted by atomic mass is 15.4. The molecule has 6 heteroatoms. The predicted octanol–water partition coefficient (Wildman–Crippen LogP) is 0.661. The lowest BCUT2D eigenvalue weighted by Gasteiger charge is -2.17. The summed E-state index contributed by atoms with van der Waals surface area (Å²) in [6.07, 6.45) is 4.38. The largest absolute Gasteiger partial charge is 0.311 e. The summed E-state index contributed by atoms with van der Waals surface area (Å²) < 4.78 is 1.94. The van der Waals surface area contributed by atoms with Crippen LogP contribution in [0.15, 0.2) is 6.20 Å². The van der Waals surface area contributed by atoms with Crippen LogP contribution in [0.2, 0.25) is 0 Å². The van der Waals surface area contributed by atoms with Gasteiger partial charge in [-0.2, -0.15) is 0 Å². The maximum Gasteiger partial charge on any atom is 0.0964 e. The molecule has 0 aliphatic rings. The maximum absolute atomic E-state index is 4.18. The van der Waals surface area contributed by atoms with Gasteiger partial charge in [-0.25, -0.2) is 0 Å². The summed E-state index contributed by atoms with van der Waals surface area (Å²) in [6, 6.07) is 0. The quantitative estimate of drug-likeness (QED) is 0.604. The zero-order chi connectivity index (χ0) is 14.8. The van der Waals surface area contributed by atoms with Crippen molar-refractivity contribution in [1.82, 2.24) is 30.1 Å². The summed E-state index contributed by atoms with van der Waals surface area (Å²) in [5.41, 5.74) is 1.02. The lowest BCUT2D eigenvalue weighted by Crippen LogP contribution is -2.27. The number of hydrogen-bond acceptors (Lipinski definition) is 5. The molecule has 0 bridgehead atoms. The van der Waals surface area contributed by atoms with Crippen molar-refractivity contribution in [1.29, 1.82) is 0 Å². The molecule has 1 heterocycles. The molecule has 0 unspecified atom stereocenters. The van der Waals surface area contributed by atoms with Crippen LogP contribution < -0.4 is 5.32 Å². The molecule has 0 radical (unpaired) electrons. The van der Waals surface area contributed by atoms with Crippen LogP contribution in [-0.2, 0) is 13.1 Å². The van der Waals surface area contributed by atoms with Crippen molar-refractivity contribution >= 4 is 0 Å². The van der Waals surface area contributed by atoms with Gasteiger partial charge < -0.3 is 15.1 Å². The summed E-state index contributed by atoms with van der Waals surface area (Å²) in [6.45, 7) is 8.18. The molecule has 0 atom stereocenters. The normalized spacial score (nSPS) is 11.7. The minimum Gasteiger partial charge on any atom is -0.311 e. The van der Waals surface area contributed by atoms with Crippen LogP contribution in [0.5, 0.6) is 0 Å². The highest BCUT2D eigenvalue weighted by molar-refractivity contribution is 4.91. The molecule has 116 valence electrons. The van der Waals surface area contributed by atoms with Crippen LogP contribution in [0, 0.1) is 0 Å². The SMILES string of the molecule is CCCNCc1cn(CCN(C)CCCN(C)C)nn1. The lowest BCUT2D eigenvalue weighted by molar-refractivity contribution is 0.285. The van der Waals surface area contributed by atoms with Crippen LogP contribution in [0.4, 0.5) is 0 Å². The molecule has 6 nitrogen and oxygen atoms in total. The first-order valence-electron chi connectivity index (χ1n) is 7.54. The Balaban J connectivity index is 2.17. The fourth-order valence-electron chi connectivity index (χ4n) is 1.96. The van der Waals surface area contributed by atoms with Crippen LogP contribution in [0.25, 0.3) is 0 Å². The third-order valence-electron chi connectivity index (χ3n) is 3.17. The highest BCUT2D eigenvalue weighted by Crippen LogP contribution is 1.95. The van der Waals surface area contributed by atoms with Gasteiger partial charge in [0.2, 0.25) is 0 Å². The first-order valence-corrected chi connectivity index (χ1v) is 7.54. The minimum absolute atomic E-state index is 0.812. The molecule has 0 aliphatic heterocycles. The summed E-state index contributed by atoms with van der Waals surface area (Å²) in [7, 11) is 6.39. The monoisotopic (exact) mass is 282 g/mol. The topological polar surface area (TPSA) is 49.2 Å². The van der Waals surface area contributed by atoms with Gasteiger partial charge in [-0.05, 0) is 53.6 Å². The van der Waals surface area contributed by atoms with Gasteiger partial charge in [-0.1, -0.05) is 12.1 Å². The fraction of sp³-hybridized carbons (Fsp3) is 0.857. The molecule has 1 N–H and O–H groups in total. The number of nitrogens with zero attached hydrogens (tertiary/aromatic N) is 5.